The number of amides is 2. The molecule has 5 rings (SSSR count). The molecular weight excluding hydrogens is 450 g/mol. The number of anilines is 1. The highest BCUT2D eigenvalue weighted by atomic mass is 35.5. The Morgan fingerprint density at radius 1 is 1.03 bits per heavy atom. The fourth-order valence-corrected chi connectivity index (χ4v) is 4.12. The van der Waals surface area contributed by atoms with E-state index in [1.54, 1.807) is 23.2 Å². The maximum absolute atomic E-state index is 12.8. The summed E-state index contributed by atoms with van der Waals surface area (Å²) in [6, 6.07) is 22.3. The number of halogens is 1. The summed E-state index contributed by atoms with van der Waals surface area (Å²) >= 11 is 6.14. The summed E-state index contributed by atoms with van der Waals surface area (Å²) in [5.41, 5.74) is 3.95. The molecule has 7 nitrogen and oxygen atoms in total. The number of carbonyl (C=O) groups excluding carboxylic acids is 2. The standard InChI is InChI=1S/C26H22ClN5O2/c27-21-5-3-4-20(14-21)23-15-24-31(25(33)11-13-32(24)30-23)17-18-7-9-19(10-8-18)26(34)29-16-22-6-1-2-12-28-22/h1-10,12,14-15H,11,13,16-17H2,(H,29,34). The molecule has 1 N–H and O–H groups in total. The number of pyridine rings is 1. The Bertz CT molecular complexity index is 1340. The summed E-state index contributed by atoms with van der Waals surface area (Å²) in [6.07, 6.45) is 2.08. The van der Waals surface area contributed by atoms with Gasteiger partial charge in [0.1, 0.15) is 5.82 Å². The first-order valence-corrected chi connectivity index (χ1v) is 11.4. The van der Waals surface area contributed by atoms with Crippen molar-refractivity contribution in [2.45, 2.75) is 26.1 Å². The lowest BCUT2D eigenvalue weighted by Crippen LogP contribution is -2.36. The highest BCUT2D eigenvalue weighted by molar-refractivity contribution is 6.30. The lowest BCUT2D eigenvalue weighted by Gasteiger charge is -2.27. The molecule has 0 fully saturated rings. The smallest absolute Gasteiger partial charge is 0.251 e. The lowest BCUT2D eigenvalue weighted by atomic mass is 10.1. The van der Waals surface area contributed by atoms with Gasteiger partial charge in [0.05, 0.1) is 31.0 Å². The number of hydrogen-bond donors (Lipinski definition) is 1. The second-order valence-corrected chi connectivity index (χ2v) is 8.49. The highest BCUT2D eigenvalue weighted by Crippen LogP contribution is 2.30. The van der Waals surface area contributed by atoms with Crippen LogP contribution in [0, 0.1) is 0 Å². The van der Waals surface area contributed by atoms with E-state index in [1.807, 2.05) is 65.3 Å². The topological polar surface area (TPSA) is 80.1 Å². The molecule has 2 aromatic carbocycles. The van der Waals surface area contributed by atoms with E-state index < -0.39 is 0 Å². The zero-order valence-electron chi connectivity index (χ0n) is 18.3. The average Bonchev–Trinajstić information content (AvgIpc) is 3.30. The third-order valence-electron chi connectivity index (χ3n) is 5.71. The van der Waals surface area contributed by atoms with Crippen LogP contribution in [0.15, 0.2) is 79.0 Å². The van der Waals surface area contributed by atoms with Crippen LogP contribution in [0.3, 0.4) is 0 Å². The van der Waals surface area contributed by atoms with E-state index in [9.17, 15) is 9.59 Å². The van der Waals surface area contributed by atoms with Crippen LogP contribution in [0.5, 0.6) is 0 Å². The first kappa shape index (κ1) is 21.9. The van der Waals surface area contributed by atoms with Gasteiger partial charge in [-0.2, -0.15) is 5.10 Å². The molecule has 0 saturated heterocycles. The maximum Gasteiger partial charge on any atom is 0.251 e. The molecule has 0 unspecified atom stereocenters. The number of benzene rings is 2. The number of nitrogens with zero attached hydrogens (tertiary/aromatic N) is 4. The number of fused-ring (bicyclic) bond motifs is 1. The summed E-state index contributed by atoms with van der Waals surface area (Å²) in [5.74, 6) is 0.626. The minimum Gasteiger partial charge on any atom is -0.346 e. The van der Waals surface area contributed by atoms with Gasteiger partial charge in [-0.3, -0.25) is 19.5 Å². The van der Waals surface area contributed by atoms with Gasteiger partial charge in [-0.15, -0.1) is 0 Å². The molecule has 170 valence electrons. The highest BCUT2D eigenvalue weighted by Gasteiger charge is 2.26. The van der Waals surface area contributed by atoms with Gasteiger partial charge in [0.25, 0.3) is 5.91 Å². The predicted molar refractivity (Wildman–Crippen MR) is 130 cm³/mol. The zero-order valence-corrected chi connectivity index (χ0v) is 19.1. The van der Waals surface area contributed by atoms with Crippen LogP contribution in [-0.2, 0) is 24.4 Å². The number of nitrogens with one attached hydrogen (secondary N) is 1. The van der Waals surface area contributed by atoms with Crippen molar-refractivity contribution in [1.82, 2.24) is 20.1 Å². The van der Waals surface area contributed by atoms with Crippen LogP contribution in [0.25, 0.3) is 11.3 Å². The molecule has 1 aliphatic heterocycles. The van der Waals surface area contributed by atoms with Crippen molar-refractivity contribution >= 4 is 29.2 Å². The van der Waals surface area contributed by atoms with Gasteiger partial charge < -0.3 is 5.32 Å². The van der Waals surface area contributed by atoms with Crippen LogP contribution in [-0.4, -0.2) is 26.6 Å². The second-order valence-electron chi connectivity index (χ2n) is 8.05. The number of carbonyl (C=O) groups is 2. The normalized spacial score (nSPS) is 13.0. The Morgan fingerprint density at radius 3 is 2.65 bits per heavy atom. The molecule has 0 radical (unpaired) electrons. The molecule has 34 heavy (non-hydrogen) atoms. The van der Waals surface area contributed by atoms with Crippen LogP contribution < -0.4 is 10.2 Å². The third kappa shape index (κ3) is 4.70. The molecule has 3 heterocycles. The van der Waals surface area contributed by atoms with Gasteiger partial charge >= 0.3 is 0 Å². The largest absolute Gasteiger partial charge is 0.346 e. The molecular formula is C26H22ClN5O2. The van der Waals surface area contributed by atoms with Crippen molar-refractivity contribution in [2.24, 2.45) is 0 Å². The van der Waals surface area contributed by atoms with Crippen LogP contribution >= 0.6 is 11.6 Å². The van der Waals surface area contributed by atoms with E-state index in [1.165, 1.54) is 0 Å². The first-order valence-electron chi connectivity index (χ1n) is 11.0. The Hall–Kier alpha value is -3.97. The van der Waals surface area contributed by atoms with E-state index >= 15 is 0 Å². The Morgan fingerprint density at radius 2 is 1.88 bits per heavy atom. The van der Waals surface area contributed by atoms with E-state index in [2.05, 4.69) is 15.4 Å². The van der Waals surface area contributed by atoms with Gasteiger partial charge in [0, 0.05) is 34.8 Å². The fourth-order valence-electron chi connectivity index (χ4n) is 3.93. The second kappa shape index (κ2) is 9.49. The molecule has 4 aromatic rings. The van der Waals surface area contributed by atoms with Gasteiger partial charge in [0.15, 0.2) is 0 Å². The van der Waals surface area contributed by atoms with E-state index in [0.717, 1.165) is 28.3 Å². The Labute approximate surface area is 202 Å². The van der Waals surface area contributed by atoms with Gasteiger partial charge in [-0.25, -0.2) is 4.68 Å². The molecule has 2 amide bonds. The number of aromatic nitrogens is 3. The fraction of sp³-hybridized carbons (Fsp3) is 0.154. The van der Waals surface area contributed by atoms with Gasteiger partial charge in [-0.05, 0) is 42.0 Å². The van der Waals surface area contributed by atoms with Crippen molar-refractivity contribution in [3.05, 3.63) is 101 Å². The van der Waals surface area contributed by atoms with Crippen molar-refractivity contribution in [3.8, 4) is 11.3 Å². The van der Waals surface area contributed by atoms with Crippen molar-refractivity contribution in [1.29, 1.82) is 0 Å². The molecule has 0 saturated carbocycles. The third-order valence-corrected chi connectivity index (χ3v) is 5.94. The van der Waals surface area contributed by atoms with Gasteiger partial charge in [0.2, 0.25) is 5.91 Å². The summed E-state index contributed by atoms with van der Waals surface area (Å²) < 4.78 is 1.86. The molecule has 1 aliphatic rings. The molecule has 0 bridgehead atoms. The SMILES string of the molecule is O=C(NCc1ccccn1)c1ccc(CN2C(=O)CCn3nc(-c4cccc(Cl)c4)cc32)cc1. The Kier molecular flexibility index (Phi) is 6.10. The predicted octanol–water partition coefficient (Wildman–Crippen LogP) is 4.47. The van der Waals surface area contributed by atoms with E-state index in [4.69, 9.17) is 11.6 Å². The lowest BCUT2D eigenvalue weighted by molar-refractivity contribution is -0.119. The first-order chi connectivity index (χ1) is 16.6. The molecule has 2 aromatic heterocycles. The number of hydrogen-bond acceptors (Lipinski definition) is 4. The molecule has 0 aliphatic carbocycles. The zero-order chi connectivity index (χ0) is 23.5. The van der Waals surface area contributed by atoms with E-state index in [-0.39, 0.29) is 11.8 Å². The minimum absolute atomic E-state index is 0.0437. The van der Waals surface area contributed by atoms with Crippen molar-refractivity contribution in [2.75, 3.05) is 4.90 Å². The number of aryl methyl sites for hydroxylation is 1. The summed E-state index contributed by atoms with van der Waals surface area (Å²) in [6.45, 7) is 1.30. The average molecular weight is 472 g/mol. The molecule has 8 heteroatoms. The minimum atomic E-state index is -0.171. The van der Waals surface area contributed by atoms with Crippen LogP contribution in [0.1, 0.15) is 28.0 Å². The summed E-state index contributed by atoms with van der Waals surface area (Å²) in [7, 11) is 0. The monoisotopic (exact) mass is 471 g/mol. The quantitative estimate of drug-likeness (QED) is 0.450. The Balaban J connectivity index is 1.30. The van der Waals surface area contributed by atoms with Gasteiger partial charge in [-0.1, -0.05) is 41.9 Å². The summed E-state index contributed by atoms with van der Waals surface area (Å²) in [5, 5.41) is 8.19. The van der Waals surface area contributed by atoms with Crippen molar-refractivity contribution in [3.63, 3.8) is 0 Å². The van der Waals surface area contributed by atoms with Crippen molar-refractivity contribution < 1.29 is 9.59 Å². The number of rotatable bonds is 6. The molecule has 0 atom stereocenters. The molecule has 0 spiro atoms. The van der Waals surface area contributed by atoms with E-state index in [0.29, 0.717) is 36.6 Å². The summed E-state index contributed by atoms with van der Waals surface area (Å²) in [4.78, 5) is 31.2. The maximum atomic E-state index is 12.8. The van der Waals surface area contributed by atoms with Crippen LogP contribution in [0.2, 0.25) is 5.02 Å². The van der Waals surface area contributed by atoms with Crippen LogP contribution in [0.4, 0.5) is 5.82 Å².